The number of carbonyl (C=O) groups excluding carboxylic acids is 1. The van der Waals surface area contributed by atoms with Crippen LogP contribution in [0.2, 0.25) is 0 Å². The normalized spacial score (nSPS) is 14.7. The Balaban J connectivity index is 0.000000748. The molecule has 0 aliphatic rings. The van der Waals surface area contributed by atoms with Crippen molar-refractivity contribution in [2.45, 2.75) is 95.7 Å². The summed E-state index contributed by atoms with van der Waals surface area (Å²) in [7, 11) is -7.80. The number of esters is 1. The zero-order valence-electron chi connectivity index (χ0n) is 22.8. The highest BCUT2D eigenvalue weighted by Crippen LogP contribution is 2.51. The standard InChI is InChI=1S/C12H18F6O3.C11H17NO4S2/c1-6-8(2,3)7(19)21-9(4,5)10(20,11(13,14)15)12(16,17)18;1-4-9(2)10-5-7-11(8-6-10)18(15,16)12-17(3,13)14/h20H,6H2,1-5H3;5-9,12H,4H2,1-3H3. The molecule has 0 saturated carbocycles. The number of rotatable bonds is 9. The van der Waals surface area contributed by atoms with E-state index in [9.17, 15) is 53.1 Å². The van der Waals surface area contributed by atoms with Gasteiger partial charge in [0.25, 0.3) is 15.6 Å². The Morgan fingerprint density at radius 1 is 0.923 bits per heavy atom. The number of hydrogen-bond donors (Lipinski definition) is 2. The van der Waals surface area contributed by atoms with Crippen LogP contribution in [0.5, 0.6) is 0 Å². The molecule has 0 bridgehead atoms. The first-order valence-corrected chi connectivity index (χ1v) is 14.9. The summed E-state index contributed by atoms with van der Waals surface area (Å²) >= 11 is 0. The molecule has 228 valence electrons. The van der Waals surface area contributed by atoms with Crippen LogP contribution in [0.3, 0.4) is 0 Å². The zero-order chi connectivity index (χ0) is 31.5. The highest BCUT2D eigenvalue weighted by Gasteiger charge is 2.78. The average molecular weight is 616 g/mol. The first-order valence-electron chi connectivity index (χ1n) is 11.5. The number of aliphatic hydroxyl groups is 1. The molecule has 0 heterocycles. The molecule has 0 aliphatic heterocycles. The molecule has 1 atom stereocenters. The van der Waals surface area contributed by atoms with E-state index in [4.69, 9.17) is 0 Å². The van der Waals surface area contributed by atoms with E-state index in [0.29, 0.717) is 19.8 Å². The van der Waals surface area contributed by atoms with Gasteiger partial charge in [-0.2, -0.15) is 26.3 Å². The van der Waals surface area contributed by atoms with Crippen LogP contribution in [-0.2, 0) is 29.6 Å². The second-order valence-electron chi connectivity index (χ2n) is 10.1. The van der Waals surface area contributed by atoms with E-state index in [0.717, 1.165) is 18.2 Å². The van der Waals surface area contributed by atoms with Gasteiger partial charge in [0.05, 0.1) is 16.6 Å². The number of alkyl halides is 6. The van der Waals surface area contributed by atoms with Crippen LogP contribution in [0, 0.1) is 5.41 Å². The van der Waals surface area contributed by atoms with Gasteiger partial charge >= 0.3 is 18.3 Å². The minimum absolute atomic E-state index is 0.0556. The number of carbonyl (C=O) groups is 1. The Kier molecular flexibility index (Phi) is 11.7. The second kappa shape index (κ2) is 12.3. The molecule has 0 fully saturated rings. The maximum atomic E-state index is 12.8. The molecule has 0 radical (unpaired) electrons. The van der Waals surface area contributed by atoms with Gasteiger partial charge in [0, 0.05) is 0 Å². The van der Waals surface area contributed by atoms with Crippen molar-refractivity contribution in [3.8, 4) is 0 Å². The van der Waals surface area contributed by atoms with Crippen LogP contribution >= 0.6 is 0 Å². The fourth-order valence-electron chi connectivity index (χ4n) is 2.89. The zero-order valence-corrected chi connectivity index (χ0v) is 24.4. The van der Waals surface area contributed by atoms with E-state index >= 15 is 0 Å². The molecule has 2 N–H and O–H groups in total. The second-order valence-corrected chi connectivity index (χ2v) is 13.8. The summed E-state index contributed by atoms with van der Waals surface area (Å²) in [4.78, 5) is 11.7. The highest BCUT2D eigenvalue weighted by molar-refractivity contribution is 8.04. The number of ether oxygens (including phenoxy) is 1. The Morgan fingerprint density at radius 3 is 1.64 bits per heavy atom. The predicted octanol–water partition coefficient (Wildman–Crippen LogP) is 5.04. The number of halogens is 6. The Morgan fingerprint density at radius 2 is 1.33 bits per heavy atom. The van der Waals surface area contributed by atoms with Crippen molar-refractivity contribution >= 4 is 26.0 Å². The van der Waals surface area contributed by atoms with Gasteiger partial charge in [-0.15, -0.1) is 4.13 Å². The van der Waals surface area contributed by atoms with Gasteiger partial charge in [-0.1, -0.05) is 32.9 Å². The van der Waals surface area contributed by atoms with E-state index in [-0.39, 0.29) is 11.3 Å². The maximum Gasteiger partial charge on any atom is 0.430 e. The third kappa shape index (κ3) is 9.32. The van der Waals surface area contributed by atoms with Crippen LogP contribution in [0.25, 0.3) is 0 Å². The van der Waals surface area contributed by atoms with Crippen molar-refractivity contribution in [1.29, 1.82) is 0 Å². The monoisotopic (exact) mass is 615 g/mol. The molecule has 1 rings (SSSR count). The number of nitrogens with one attached hydrogen (secondary N) is 1. The molecule has 0 spiro atoms. The van der Waals surface area contributed by atoms with Gasteiger partial charge in [-0.05, 0) is 64.2 Å². The lowest BCUT2D eigenvalue weighted by molar-refractivity contribution is -0.408. The summed E-state index contributed by atoms with van der Waals surface area (Å²) in [5.41, 5.74) is -8.68. The summed E-state index contributed by atoms with van der Waals surface area (Å²) in [6, 6.07) is 6.22. The van der Waals surface area contributed by atoms with Crippen LogP contribution in [0.4, 0.5) is 26.3 Å². The van der Waals surface area contributed by atoms with Crippen molar-refractivity contribution in [2.24, 2.45) is 5.41 Å². The largest absolute Gasteiger partial charge is 0.455 e. The first kappa shape index (κ1) is 37.1. The predicted molar refractivity (Wildman–Crippen MR) is 132 cm³/mol. The number of sulfonamides is 2. The van der Waals surface area contributed by atoms with E-state index in [1.165, 1.54) is 32.9 Å². The molecule has 0 amide bonds. The summed E-state index contributed by atoms with van der Waals surface area (Å²) in [5, 5.41) is 9.27. The molecule has 1 unspecified atom stereocenters. The van der Waals surface area contributed by atoms with Crippen molar-refractivity contribution < 1.29 is 57.8 Å². The SMILES string of the molecule is CCC(C)(C)C(=O)OC(C)(C)C(O)(C(F)(F)F)C(F)(F)F.CCC(C)c1ccc(S(=O)(=O)NS(C)(=O)=O)cc1. The molecule has 0 aromatic heterocycles. The van der Waals surface area contributed by atoms with E-state index in [2.05, 4.69) is 4.74 Å². The minimum Gasteiger partial charge on any atom is -0.455 e. The molecule has 39 heavy (non-hydrogen) atoms. The van der Waals surface area contributed by atoms with Gasteiger partial charge < -0.3 is 9.84 Å². The highest BCUT2D eigenvalue weighted by atomic mass is 32.3. The van der Waals surface area contributed by atoms with E-state index < -0.39 is 55.0 Å². The maximum absolute atomic E-state index is 12.8. The average Bonchev–Trinajstić information content (AvgIpc) is 2.74. The quantitative estimate of drug-likeness (QED) is 0.295. The van der Waals surface area contributed by atoms with Gasteiger partial charge in [0.1, 0.15) is 0 Å². The first-order chi connectivity index (χ1) is 17.1. The topological polar surface area (TPSA) is 127 Å². The summed E-state index contributed by atoms with van der Waals surface area (Å²) in [6.07, 6.45) is -10.2. The number of benzene rings is 1. The van der Waals surface area contributed by atoms with Crippen LogP contribution in [-0.4, -0.2) is 57.7 Å². The lowest BCUT2D eigenvalue weighted by Gasteiger charge is -2.44. The Labute approximate surface area is 225 Å². The molecule has 16 heteroatoms. The van der Waals surface area contributed by atoms with Crippen molar-refractivity contribution in [1.82, 2.24) is 4.13 Å². The van der Waals surface area contributed by atoms with E-state index in [1.54, 1.807) is 16.3 Å². The summed E-state index contributed by atoms with van der Waals surface area (Å²) in [5.74, 6) is -0.924. The fraction of sp³-hybridized carbons (Fsp3) is 0.696. The van der Waals surface area contributed by atoms with Crippen molar-refractivity contribution in [2.75, 3.05) is 6.26 Å². The number of hydrogen-bond acceptors (Lipinski definition) is 7. The third-order valence-corrected chi connectivity index (χ3v) is 9.09. The molecule has 0 aliphatic carbocycles. The van der Waals surface area contributed by atoms with Crippen molar-refractivity contribution in [3.05, 3.63) is 29.8 Å². The fourth-order valence-corrected chi connectivity index (χ4v) is 5.36. The Hall–Kier alpha value is -1.91. The van der Waals surface area contributed by atoms with Gasteiger partial charge in [-0.25, -0.2) is 16.8 Å². The van der Waals surface area contributed by atoms with Gasteiger partial charge in [-0.3, -0.25) is 4.79 Å². The lowest BCUT2D eigenvalue weighted by atomic mass is 9.83. The summed E-state index contributed by atoms with van der Waals surface area (Å²) in [6.45, 7) is 8.97. The molecule has 1 aromatic carbocycles. The summed E-state index contributed by atoms with van der Waals surface area (Å²) < 4.78 is 128. The molecule has 8 nitrogen and oxygen atoms in total. The van der Waals surface area contributed by atoms with Crippen LogP contribution < -0.4 is 4.13 Å². The Bertz CT molecular complexity index is 1180. The van der Waals surface area contributed by atoms with E-state index in [1.807, 2.05) is 13.8 Å². The minimum atomic E-state index is -6.06. The smallest absolute Gasteiger partial charge is 0.430 e. The molecule has 0 saturated heterocycles. The van der Waals surface area contributed by atoms with Gasteiger partial charge in [0.2, 0.25) is 10.0 Å². The molecular formula is C23H35F6NO7S2. The molecule has 1 aromatic rings. The molecular weight excluding hydrogens is 580 g/mol. The van der Waals surface area contributed by atoms with Crippen molar-refractivity contribution in [3.63, 3.8) is 0 Å². The lowest BCUT2D eigenvalue weighted by Crippen LogP contribution is -2.70. The van der Waals surface area contributed by atoms with Gasteiger partial charge in [0.15, 0.2) is 5.60 Å². The van der Waals surface area contributed by atoms with Crippen LogP contribution in [0.1, 0.15) is 72.8 Å². The third-order valence-electron chi connectivity index (χ3n) is 6.11. The van der Waals surface area contributed by atoms with Crippen LogP contribution in [0.15, 0.2) is 29.2 Å².